The highest BCUT2D eigenvalue weighted by atomic mass is 35.5. The number of aromatic nitrogens is 3. The van der Waals surface area contributed by atoms with Gasteiger partial charge in [0.05, 0.1) is 18.2 Å². The van der Waals surface area contributed by atoms with Crippen LogP contribution >= 0.6 is 11.6 Å². The van der Waals surface area contributed by atoms with Crippen LogP contribution in [-0.4, -0.2) is 51.4 Å². The molecule has 2 aromatic heterocycles. The van der Waals surface area contributed by atoms with Crippen molar-refractivity contribution < 1.29 is 14.6 Å². The fraction of sp³-hybridized carbons (Fsp3) is 0.500. The van der Waals surface area contributed by atoms with Gasteiger partial charge < -0.3 is 19.3 Å². The summed E-state index contributed by atoms with van der Waals surface area (Å²) < 4.78 is 7.10. The predicted molar refractivity (Wildman–Crippen MR) is 82.4 cm³/mol. The first-order valence-electron chi connectivity index (χ1n) is 7.18. The first-order valence-corrected chi connectivity index (χ1v) is 7.56. The van der Waals surface area contributed by atoms with Gasteiger partial charge in [-0.1, -0.05) is 0 Å². The average Bonchev–Trinajstić information content (AvgIpc) is 3.09. The number of rotatable bonds is 5. The molecule has 1 aliphatic heterocycles. The predicted octanol–water partition coefficient (Wildman–Crippen LogP) is 1.78. The number of nitrogens with zero attached hydrogens (tertiary/aromatic N) is 4. The van der Waals surface area contributed by atoms with Crippen LogP contribution in [0.3, 0.4) is 0 Å². The van der Waals surface area contributed by atoms with Crippen molar-refractivity contribution in [3.8, 4) is 0 Å². The number of halogens is 1. The van der Waals surface area contributed by atoms with Crippen molar-refractivity contribution in [2.45, 2.75) is 25.9 Å². The molecule has 0 aliphatic carbocycles. The van der Waals surface area contributed by atoms with Crippen LogP contribution in [0.25, 0.3) is 11.0 Å². The van der Waals surface area contributed by atoms with Crippen LogP contribution in [0.5, 0.6) is 0 Å². The highest BCUT2D eigenvalue weighted by Gasteiger charge is 2.26. The molecule has 1 aliphatic rings. The van der Waals surface area contributed by atoms with Crippen molar-refractivity contribution in [3.63, 3.8) is 0 Å². The molecule has 0 aromatic carbocycles. The highest BCUT2D eigenvalue weighted by Crippen LogP contribution is 2.29. The number of ether oxygens (including phenoxy) is 1. The van der Waals surface area contributed by atoms with Gasteiger partial charge in [0, 0.05) is 19.3 Å². The van der Waals surface area contributed by atoms with Gasteiger partial charge in [-0.25, -0.2) is 4.98 Å². The van der Waals surface area contributed by atoms with E-state index < -0.39 is 5.97 Å². The molecule has 118 valence electrons. The summed E-state index contributed by atoms with van der Waals surface area (Å²) in [6.07, 6.45) is 2.61. The number of aliphatic carboxylic acids is 1. The van der Waals surface area contributed by atoms with E-state index in [1.165, 1.54) is 0 Å². The molecular weight excluding hydrogens is 308 g/mol. The molecule has 0 radical (unpaired) electrons. The van der Waals surface area contributed by atoms with Crippen molar-refractivity contribution in [2.75, 3.05) is 24.7 Å². The van der Waals surface area contributed by atoms with Crippen LogP contribution in [0, 0.1) is 0 Å². The van der Waals surface area contributed by atoms with E-state index in [1.54, 1.807) is 16.8 Å². The molecule has 2 aromatic rings. The highest BCUT2D eigenvalue weighted by molar-refractivity contribution is 6.28. The first kappa shape index (κ1) is 15.1. The summed E-state index contributed by atoms with van der Waals surface area (Å²) >= 11 is 6.04. The van der Waals surface area contributed by atoms with Crippen molar-refractivity contribution in [2.24, 2.45) is 0 Å². The Bertz CT molecular complexity index is 697. The molecule has 8 heteroatoms. The first-order chi connectivity index (χ1) is 10.6. The van der Waals surface area contributed by atoms with Gasteiger partial charge in [0.1, 0.15) is 12.1 Å². The average molecular weight is 325 g/mol. The van der Waals surface area contributed by atoms with Crippen LogP contribution < -0.4 is 4.90 Å². The molecule has 3 heterocycles. The normalized spacial score (nSPS) is 18.0. The number of carbonyl (C=O) groups is 1. The van der Waals surface area contributed by atoms with E-state index in [4.69, 9.17) is 21.4 Å². The summed E-state index contributed by atoms with van der Waals surface area (Å²) in [5, 5.41) is 9.24. The SMILES string of the molecule is CCN(c1nc(Cl)nc2ccn(CC(=O)O)c12)C1CCOC1. The van der Waals surface area contributed by atoms with E-state index >= 15 is 0 Å². The Labute approximate surface area is 132 Å². The summed E-state index contributed by atoms with van der Waals surface area (Å²) in [6, 6.07) is 1.97. The molecule has 1 saturated heterocycles. The molecule has 1 unspecified atom stereocenters. The van der Waals surface area contributed by atoms with E-state index in [2.05, 4.69) is 14.9 Å². The lowest BCUT2D eigenvalue weighted by Gasteiger charge is -2.28. The standard InChI is InChI=1S/C14H17ClN4O3/c1-2-19(9-4-6-22-8-9)13-12-10(16-14(15)17-13)3-5-18(12)7-11(20)21/h3,5,9H,2,4,6-8H2,1H3,(H,20,21). The number of hydrogen-bond donors (Lipinski definition) is 1. The lowest BCUT2D eigenvalue weighted by molar-refractivity contribution is -0.137. The minimum Gasteiger partial charge on any atom is -0.480 e. The van der Waals surface area contributed by atoms with Gasteiger partial charge >= 0.3 is 5.97 Å². The minimum absolute atomic E-state index is 0.139. The Hall–Kier alpha value is -1.86. The van der Waals surface area contributed by atoms with Crippen LogP contribution in [0.4, 0.5) is 5.82 Å². The van der Waals surface area contributed by atoms with Crippen LogP contribution in [0.2, 0.25) is 5.28 Å². The summed E-state index contributed by atoms with van der Waals surface area (Å²) in [6.45, 7) is 3.98. The summed E-state index contributed by atoms with van der Waals surface area (Å²) in [5.41, 5.74) is 1.34. The molecule has 0 amide bonds. The van der Waals surface area contributed by atoms with Crippen LogP contribution in [0.1, 0.15) is 13.3 Å². The van der Waals surface area contributed by atoms with Crippen molar-refractivity contribution >= 4 is 34.4 Å². The maximum absolute atomic E-state index is 11.1. The molecule has 1 atom stereocenters. The van der Waals surface area contributed by atoms with Gasteiger partial charge in [0.2, 0.25) is 5.28 Å². The zero-order valence-corrected chi connectivity index (χ0v) is 13.0. The molecule has 0 saturated carbocycles. The Morgan fingerprint density at radius 3 is 3.05 bits per heavy atom. The maximum Gasteiger partial charge on any atom is 0.323 e. The smallest absolute Gasteiger partial charge is 0.323 e. The molecule has 0 spiro atoms. The Morgan fingerprint density at radius 2 is 2.41 bits per heavy atom. The van der Waals surface area contributed by atoms with Crippen LogP contribution in [0.15, 0.2) is 12.3 Å². The summed E-state index contributed by atoms with van der Waals surface area (Å²) in [4.78, 5) is 21.7. The Balaban J connectivity index is 2.12. The van der Waals surface area contributed by atoms with Gasteiger partial charge in [-0.2, -0.15) is 4.98 Å². The molecule has 1 fully saturated rings. The lowest BCUT2D eigenvalue weighted by atomic mass is 10.2. The molecular formula is C14H17ClN4O3. The zero-order valence-electron chi connectivity index (χ0n) is 12.2. The van der Waals surface area contributed by atoms with Crippen molar-refractivity contribution in [1.82, 2.24) is 14.5 Å². The molecule has 3 rings (SSSR count). The topological polar surface area (TPSA) is 80.5 Å². The van der Waals surface area contributed by atoms with Gasteiger partial charge in [0.25, 0.3) is 0 Å². The van der Waals surface area contributed by atoms with Gasteiger partial charge in [-0.3, -0.25) is 4.79 Å². The fourth-order valence-corrected chi connectivity index (χ4v) is 3.06. The van der Waals surface area contributed by atoms with Crippen molar-refractivity contribution in [3.05, 3.63) is 17.5 Å². The largest absolute Gasteiger partial charge is 0.480 e. The minimum atomic E-state index is -0.911. The molecule has 0 bridgehead atoms. The number of carboxylic acid groups (broad SMARTS) is 1. The zero-order chi connectivity index (χ0) is 15.7. The summed E-state index contributed by atoms with van der Waals surface area (Å²) in [5.74, 6) is -0.245. The second-order valence-electron chi connectivity index (χ2n) is 5.19. The van der Waals surface area contributed by atoms with E-state index in [9.17, 15) is 4.79 Å². The molecule has 1 N–H and O–H groups in total. The fourth-order valence-electron chi connectivity index (χ4n) is 2.89. The van der Waals surface area contributed by atoms with Gasteiger partial charge in [-0.15, -0.1) is 0 Å². The Morgan fingerprint density at radius 1 is 1.59 bits per heavy atom. The van der Waals surface area contributed by atoms with E-state index in [-0.39, 0.29) is 17.9 Å². The van der Waals surface area contributed by atoms with Crippen molar-refractivity contribution in [1.29, 1.82) is 0 Å². The molecule has 22 heavy (non-hydrogen) atoms. The third-order valence-corrected chi connectivity index (χ3v) is 4.00. The second-order valence-corrected chi connectivity index (χ2v) is 5.53. The Kier molecular flexibility index (Phi) is 4.17. The second kappa shape index (κ2) is 6.10. The van der Waals surface area contributed by atoms with E-state index in [0.717, 1.165) is 19.6 Å². The third-order valence-electron chi connectivity index (χ3n) is 3.83. The van der Waals surface area contributed by atoms with E-state index in [0.29, 0.717) is 23.5 Å². The van der Waals surface area contributed by atoms with Gasteiger partial charge in [0.15, 0.2) is 5.82 Å². The van der Waals surface area contributed by atoms with Crippen LogP contribution in [-0.2, 0) is 16.1 Å². The number of anilines is 1. The number of likely N-dealkylation sites (N-methyl/N-ethyl adjacent to an activating group) is 1. The maximum atomic E-state index is 11.1. The number of carboxylic acids is 1. The number of hydrogen-bond acceptors (Lipinski definition) is 5. The lowest BCUT2D eigenvalue weighted by Crippen LogP contribution is -2.36. The van der Waals surface area contributed by atoms with Gasteiger partial charge in [-0.05, 0) is 31.0 Å². The monoisotopic (exact) mass is 324 g/mol. The summed E-state index contributed by atoms with van der Waals surface area (Å²) in [7, 11) is 0. The molecule has 7 nitrogen and oxygen atoms in total. The number of fused-ring (bicyclic) bond motifs is 1. The van der Waals surface area contributed by atoms with E-state index in [1.807, 2.05) is 6.92 Å². The quantitative estimate of drug-likeness (QED) is 0.844. The third kappa shape index (κ3) is 2.74.